The van der Waals surface area contributed by atoms with Crippen molar-refractivity contribution in [3.63, 3.8) is 0 Å². The van der Waals surface area contributed by atoms with Crippen LogP contribution in [0.3, 0.4) is 0 Å². The van der Waals surface area contributed by atoms with E-state index in [0.29, 0.717) is 11.1 Å². The van der Waals surface area contributed by atoms with E-state index in [-0.39, 0.29) is 0 Å². The van der Waals surface area contributed by atoms with E-state index in [1.165, 1.54) is 0 Å². The molecule has 0 saturated carbocycles. The van der Waals surface area contributed by atoms with Crippen LogP contribution in [0, 0.1) is 0 Å². The first-order valence-electron chi connectivity index (χ1n) is 9.66. The molecule has 4 rings (SSSR count). The van der Waals surface area contributed by atoms with Gasteiger partial charge in [0.2, 0.25) is 5.36 Å². The van der Waals surface area contributed by atoms with Crippen LogP contribution in [0.15, 0.2) is 59.0 Å². The number of aldehydes is 2. The van der Waals surface area contributed by atoms with E-state index in [4.69, 9.17) is 4.42 Å². The first-order valence-corrected chi connectivity index (χ1v) is 9.66. The van der Waals surface area contributed by atoms with Gasteiger partial charge >= 0.3 is 0 Å². The normalized spacial score (nSPS) is 10.9. The first kappa shape index (κ1) is 19.6. The summed E-state index contributed by atoms with van der Waals surface area (Å²) in [6.45, 7) is 0. The molecule has 150 valence electrons. The molecule has 0 atom stereocenters. The molecule has 0 saturated heterocycles. The molecular formula is C25H23N2O3+. The van der Waals surface area contributed by atoms with Crippen molar-refractivity contribution in [3.05, 3.63) is 71.1 Å². The van der Waals surface area contributed by atoms with Gasteiger partial charge in [-0.2, -0.15) is 0 Å². The van der Waals surface area contributed by atoms with Crippen molar-refractivity contribution < 1.29 is 14.0 Å². The van der Waals surface area contributed by atoms with E-state index < -0.39 is 0 Å². The van der Waals surface area contributed by atoms with Gasteiger partial charge < -0.3 is 9.32 Å². The summed E-state index contributed by atoms with van der Waals surface area (Å²) in [7, 11) is 7.93. The van der Waals surface area contributed by atoms with Crippen molar-refractivity contribution in [2.75, 3.05) is 33.1 Å². The molecule has 1 aliphatic carbocycles. The molecule has 0 fully saturated rings. The van der Waals surface area contributed by atoms with E-state index in [2.05, 4.69) is 0 Å². The minimum Gasteiger partial charge on any atom is -0.456 e. The number of rotatable bonds is 4. The second kappa shape index (κ2) is 7.59. The van der Waals surface area contributed by atoms with Gasteiger partial charge in [-0.3, -0.25) is 9.59 Å². The molecule has 2 aliphatic rings. The lowest BCUT2D eigenvalue weighted by molar-refractivity contribution is 0.112. The minimum absolute atomic E-state index is 0.472. The van der Waals surface area contributed by atoms with Gasteiger partial charge in [0.1, 0.15) is 31.7 Å². The SMILES string of the molecule is CN(C)c1ccc2c(-c3ccc(C=O)cc3C=O)c3ccc(=[N+](C)C)cc-3oc2c1. The van der Waals surface area contributed by atoms with Crippen LogP contribution >= 0.6 is 0 Å². The number of hydrogen-bond acceptors (Lipinski definition) is 4. The van der Waals surface area contributed by atoms with Gasteiger partial charge in [-0.05, 0) is 29.8 Å². The summed E-state index contributed by atoms with van der Waals surface area (Å²) < 4.78 is 8.33. The lowest BCUT2D eigenvalue weighted by Gasteiger charge is -2.18. The number of nitrogens with zero attached hydrogens (tertiary/aromatic N) is 2. The smallest absolute Gasteiger partial charge is 0.203 e. The summed E-state index contributed by atoms with van der Waals surface area (Å²) in [4.78, 5) is 25.1. The number of anilines is 1. The van der Waals surface area contributed by atoms with Gasteiger partial charge in [0, 0.05) is 59.6 Å². The molecule has 0 bridgehead atoms. The number of fused-ring (bicyclic) bond motifs is 2. The minimum atomic E-state index is 0.472. The molecule has 0 spiro atoms. The van der Waals surface area contributed by atoms with Crippen LogP contribution in [0.1, 0.15) is 20.7 Å². The predicted molar refractivity (Wildman–Crippen MR) is 120 cm³/mol. The van der Waals surface area contributed by atoms with Crippen LogP contribution in [0.4, 0.5) is 5.69 Å². The molecule has 0 amide bonds. The molecule has 0 N–H and O–H groups in total. The number of carbonyl (C=O) groups excluding carboxylic acids is 2. The summed E-state index contributed by atoms with van der Waals surface area (Å²) in [5, 5.41) is 1.93. The van der Waals surface area contributed by atoms with Crippen LogP contribution < -0.4 is 14.8 Å². The topological polar surface area (TPSA) is 53.5 Å². The van der Waals surface area contributed by atoms with Crippen molar-refractivity contribution in [3.8, 4) is 22.5 Å². The van der Waals surface area contributed by atoms with Gasteiger partial charge in [0.15, 0.2) is 6.29 Å². The fourth-order valence-corrected chi connectivity index (χ4v) is 3.69. The van der Waals surface area contributed by atoms with Crippen molar-refractivity contribution in [2.24, 2.45) is 0 Å². The third-order valence-corrected chi connectivity index (χ3v) is 5.33. The molecule has 0 unspecified atom stereocenters. The highest BCUT2D eigenvalue weighted by Crippen LogP contribution is 2.41. The van der Waals surface area contributed by atoms with Crippen LogP contribution in [0.5, 0.6) is 0 Å². The Morgan fingerprint density at radius 3 is 2.30 bits per heavy atom. The molecule has 0 aromatic heterocycles. The maximum atomic E-state index is 11.9. The van der Waals surface area contributed by atoms with Crippen LogP contribution in [0.25, 0.3) is 33.4 Å². The standard InChI is InChI=1S/C25H23N2O3/c1-26(2)18-6-9-21-23(12-18)30-24-13-19(27(3)4)7-10-22(24)25(21)20-8-5-16(14-28)11-17(20)15-29/h5-15H,1-4H3/q+1. The Bertz CT molecular complexity index is 1330. The first-order chi connectivity index (χ1) is 14.4. The third-order valence-electron chi connectivity index (χ3n) is 5.33. The van der Waals surface area contributed by atoms with Gasteiger partial charge in [0.05, 0.1) is 6.07 Å². The number of carbonyl (C=O) groups is 2. The molecule has 0 radical (unpaired) electrons. The van der Waals surface area contributed by atoms with Crippen LogP contribution in [-0.4, -0.2) is 40.8 Å². The molecular weight excluding hydrogens is 376 g/mol. The Morgan fingerprint density at radius 1 is 0.867 bits per heavy atom. The molecule has 5 heteroatoms. The quantitative estimate of drug-likeness (QED) is 0.296. The van der Waals surface area contributed by atoms with E-state index in [1.807, 2.05) is 80.1 Å². The Balaban J connectivity index is 2.17. The summed E-state index contributed by atoms with van der Waals surface area (Å²) in [5.41, 5.74) is 5.30. The molecule has 1 heterocycles. The van der Waals surface area contributed by atoms with Gasteiger partial charge in [-0.25, -0.2) is 4.58 Å². The molecule has 2 aromatic rings. The Hall–Kier alpha value is -3.73. The largest absolute Gasteiger partial charge is 0.456 e. The summed E-state index contributed by atoms with van der Waals surface area (Å²) in [5.74, 6) is 0.732. The highest BCUT2D eigenvalue weighted by atomic mass is 16.3. The lowest BCUT2D eigenvalue weighted by atomic mass is 9.90. The fourth-order valence-electron chi connectivity index (χ4n) is 3.69. The van der Waals surface area contributed by atoms with Gasteiger partial charge in [0.25, 0.3) is 0 Å². The van der Waals surface area contributed by atoms with Crippen molar-refractivity contribution in [1.29, 1.82) is 0 Å². The highest BCUT2D eigenvalue weighted by molar-refractivity contribution is 6.06. The van der Waals surface area contributed by atoms with Crippen LogP contribution in [0.2, 0.25) is 0 Å². The lowest BCUT2D eigenvalue weighted by Crippen LogP contribution is -2.21. The van der Waals surface area contributed by atoms with E-state index in [0.717, 1.165) is 57.0 Å². The zero-order valence-corrected chi connectivity index (χ0v) is 17.5. The van der Waals surface area contributed by atoms with Gasteiger partial charge in [-0.15, -0.1) is 0 Å². The summed E-state index contributed by atoms with van der Waals surface area (Å²) in [6.07, 6.45) is 1.55. The van der Waals surface area contributed by atoms with Crippen molar-refractivity contribution in [1.82, 2.24) is 4.58 Å². The molecule has 5 nitrogen and oxygen atoms in total. The maximum Gasteiger partial charge on any atom is 0.203 e. The summed E-state index contributed by atoms with van der Waals surface area (Å²) in [6, 6.07) is 17.3. The molecule has 1 aliphatic heterocycles. The average Bonchev–Trinajstić information content (AvgIpc) is 2.76. The molecule has 2 aromatic carbocycles. The Morgan fingerprint density at radius 2 is 1.63 bits per heavy atom. The second-order valence-corrected chi connectivity index (χ2v) is 7.71. The van der Waals surface area contributed by atoms with Crippen molar-refractivity contribution in [2.45, 2.75) is 0 Å². The van der Waals surface area contributed by atoms with Gasteiger partial charge in [-0.1, -0.05) is 12.1 Å². The maximum absolute atomic E-state index is 11.9. The zero-order valence-electron chi connectivity index (χ0n) is 17.5. The third kappa shape index (κ3) is 3.28. The Labute approximate surface area is 174 Å². The Kier molecular flexibility index (Phi) is 4.96. The predicted octanol–water partition coefficient (Wildman–Crippen LogP) is 3.93. The van der Waals surface area contributed by atoms with Crippen molar-refractivity contribution >= 4 is 29.2 Å². The van der Waals surface area contributed by atoms with E-state index in [1.54, 1.807) is 12.1 Å². The van der Waals surface area contributed by atoms with E-state index in [9.17, 15) is 9.59 Å². The average molecular weight is 399 g/mol. The number of benzene rings is 3. The summed E-state index contributed by atoms with van der Waals surface area (Å²) >= 11 is 0. The second-order valence-electron chi connectivity index (χ2n) is 7.71. The fraction of sp³-hybridized carbons (Fsp3) is 0.160. The number of hydrogen-bond donors (Lipinski definition) is 0. The monoisotopic (exact) mass is 399 g/mol. The van der Waals surface area contributed by atoms with E-state index >= 15 is 0 Å². The molecule has 30 heavy (non-hydrogen) atoms. The van der Waals surface area contributed by atoms with Crippen LogP contribution in [-0.2, 0) is 0 Å². The highest BCUT2D eigenvalue weighted by Gasteiger charge is 2.20. The zero-order chi connectivity index (χ0) is 21.4.